The lowest BCUT2D eigenvalue weighted by molar-refractivity contribution is 0.0993. The van der Waals surface area contributed by atoms with Gasteiger partial charge in [-0.05, 0) is 33.6 Å². The van der Waals surface area contributed by atoms with Gasteiger partial charge >= 0.3 is 0 Å². The molecule has 0 spiro atoms. The van der Waals surface area contributed by atoms with Crippen molar-refractivity contribution < 1.29 is 9.53 Å². The van der Waals surface area contributed by atoms with Crippen LogP contribution in [0.25, 0.3) is 0 Å². The lowest BCUT2D eigenvalue weighted by Gasteiger charge is -2.06. The smallest absolute Gasteiger partial charge is 0.167 e. The normalized spacial score (nSPS) is 10.1. The van der Waals surface area contributed by atoms with Crippen molar-refractivity contribution in [1.82, 2.24) is 0 Å². The maximum absolute atomic E-state index is 12.0. The quantitative estimate of drug-likeness (QED) is 0.801. The van der Waals surface area contributed by atoms with Gasteiger partial charge < -0.3 is 4.74 Å². The zero-order valence-corrected chi connectivity index (χ0v) is 11.6. The maximum Gasteiger partial charge on any atom is 0.167 e. The summed E-state index contributed by atoms with van der Waals surface area (Å²) in [5.41, 5.74) is 1.71. The number of hydrogen-bond acceptors (Lipinski definition) is 2. The predicted octanol–water partition coefficient (Wildman–Crippen LogP) is 3.88. The monoisotopic (exact) mass is 304 g/mol. The van der Waals surface area contributed by atoms with E-state index in [0.29, 0.717) is 6.42 Å². The molecular formula is C15H13BrO2. The first kappa shape index (κ1) is 12.8. The molecule has 2 aromatic rings. The molecule has 0 N–H and O–H groups in total. The van der Waals surface area contributed by atoms with E-state index in [0.717, 1.165) is 21.3 Å². The SMILES string of the molecule is COc1ccc(CC(=O)c2ccccc2)cc1Br. The molecule has 2 aromatic carbocycles. The van der Waals surface area contributed by atoms with Gasteiger partial charge in [0.15, 0.2) is 5.78 Å². The molecule has 92 valence electrons. The molecule has 0 atom stereocenters. The van der Waals surface area contributed by atoms with Gasteiger partial charge in [-0.3, -0.25) is 4.79 Å². The molecule has 0 unspecified atom stereocenters. The Morgan fingerprint density at radius 3 is 2.50 bits per heavy atom. The average molecular weight is 305 g/mol. The number of carbonyl (C=O) groups is 1. The van der Waals surface area contributed by atoms with Crippen LogP contribution in [0.5, 0.6) is 5.75 Å². The Labute approximate surface area is 115 Å². The summed E-state index contributed by atoms with van der Waals surface area (Å²) >= 11 is 3.42. The molecule has 0 saturated heterocycles. The summed E-state index contributed by atoms with van der Waals surface area (Å²) in [6, 6.07) is 15.0. The second-order valence-electron chi connectivity index (χ2n) is 3.93. The van der Waals surface area contributed by atoms with E-state index in [-0.39, 0.29) is 5.78 Å². The van der Waals surface area contributed by atoms with Crippen LogP contribution in [0.1, 0.15) is 15.9 Å². The Morgan fingerprint density at radius 2 is 1.89 bits per heavy atom. The highest BCUT2D eigenvalue weighted by atomic mass is 79.9. The van der Waals surface area contributed by atoms with Crippen molar-refractivity contribution in [2.45, 2.75) is 6.42 Å². The summed E-state index contributed by atoms with van der Waals surface area (Å²) in [4.78, 5) is 12.0. The third kappa shape index (κ3) is 2.99. The number of rotatable bonds is 4. The van der Waals surface area contributed by atoms with Gasteiger partial charge in [-0.1, -0.05) is 36.4 Å². The zero-order chi connectivity index (χ0) is 13.0. The highest BCUT2D eigenvalue weighted by Crippen LogP contribution is 2.26. The lowest BCUT2D eigenvalue weighted by atomic mass is 10.0. The summed E-state index contributed by atoms with van der Waals surface area (Å²) in [5.74, 6) is 0.888. The summed E-state index contributed by atoms with van der Waals surface area (Å²) in [6.07, 6.45) is 0.395. The number of hydrogen-bond donors (Lipinski definition) is 0. The number of halogens is 1. The summed E-state index contributed by atoms with van der Waals surface area (Å²) in [7, 11) is 1.62. The Morgan fingerprint density at radius 1 is 1.17 bits per heavy atom. The topological polar surface area (TPSA) is 26.3 Å². The van der Waals surface area contributed by atoms with Crippen molar-refractivity contribution in [3.63, 3.8) is 0 Å². The van der Waals surface area contributed by atoms with E-state index in [2.05, 4.69) is 15.9 Å². The summed E-state index contributed by atoms with van der Waals surface area (Å²) < 4.78 is 6.02. The molecule has 18 heavy (non-hydrogen) atoms. The van der Waals surface area contributed by atoms with Crippen LogP contribution in [0.4, 0.5) is 0 Å². The van der Waals surface area contributed by atoms with E-state index in [1.165, 1.54) is 0 Å². The Kier molecular flexibility index (Phi) is 4.15. The van der Waals surface area contributed by atoms with Crippen molar-refractivity contribution in [1.29, 1.82) is 0 Å². The fourth-order valence-electron chi connectivity index (χ4n) is 1.73. The van der Waals surface area contributed by atoms with E-state index in [1.807, 2.05) is 48.5 Å². The number of methoxy groups -OCH3 is 1. The van der Waals surface area contributed by atoms with E-state index >= 15 is 0 Å². The molecule has 0 heterocycles. The van der Waals surface area contributed by atoms with Gasteiger partial charge in [-0.25, -0.2) is 0 Å². The zero-order valence-electron chi connectivity index (χ0n) is 10.0. The van der Waals surface area contributed by atoms with Crippen LogP contribution in [0, 0.1) is 0 Å². The molecular weight excluding hydrogens is 292 g/mol. The Hall–Kier alpha value is -1.61. The highest BCUT2D eigenvalue weighted by Gasteiger charge is 2.08. The van der Waals surface area contributed by atoms with Gasteiger partial charge in [0.25, 0.3) is 0 Å². The molecule has 0 aliphatic rings. The minimum absolute atomic E-state index is 0.118. The maximum atomic E-state index is 12.0. The fourth-order valence-corrected chi connectivity index (χ4v) is 2.32. The third-order valence-corrected chi connectivity index (χ3v) is 3.30. The van der Waals surface area contributed by atoms with Crippen LogP contribution >= 0.6 is 15.9 Å². The molecule has 0 bridgehead atoms. The first-order chi connectivity index (χ1) is 8.70. The van der Waals surface area contributed by atoms with Crippen molar-refractivity contribution in [2.75, 3.05) is 7.11 Å². The molecule has 0 fully saturated rings. The lowest BCUT2D eigenvalue weighted by Crippen LogP contribution is -2.03. The van der Waals surface area contributed by atoms with Gasteiger partial charge in [-0.15, -0.1) is 0 Å². The Balaban J connectivity index is 2.15. The third-order valence-electron chi connectivity index (χ3n) is 2.68. The second-order valence-corrected chi connectivity index (χ2v) is 4.79. The van der Waals surface area contributed by atoms with Gasteiger partial charge in [0.2, 0.25) is 0 Å². The molecule has 3 heteroatoms. The van der Waals surface area contributed by atoms with E-state index in [4.69, 9.17) is 4.74 Å². The second kappa shape index (κ2) is 5.83. The molecule has 2 nitrogen and oxygen atoms in total. The summed E-state index contributed by atoms with van der Waals surface area (Å²) in [5, 5.41) is 0. The van der Waals surface area contributed by atoms with Gasteiger partial charge in [0, 0.05) is 12.0 Å². The molecule has 0 saturated carbocycles. The fraction of sp³-hybridized carbons (Fsp3) is 0.133. The first-order valence-electron chi connectivity index (χ1n) is 5.61. The molecule has 0 aliphatic carbocycles. The van der Waals surface area contributed by atoms with Crippen LogP contribution < -0.4 is 4.74 Å². The van der Waals surface area contributed by atoms with Crippen LogP contribution in [0.15, 0.2) is 53.0 Å². The minimum atomic E-state index is 0.118. The molecule has 0 radical (unpaired) electrons. The average Bonchev–Trinajstić information content (AvgIpc) is 2.40. The number of carbonyl (C=O) groups excluding carboxylic acids is 1. The van der Waals surface area contributed by atoms with E-state index in [9.17, 15) is 4.79 Å². The molecule has 0 amide bonds. The highest BCUT2D eigenvalue weighted by molar-refractivity contribution is 9.10. The van der Waals surface area contributed by atoms with Crippen molar-refractivity contribution >= 4 is 21.7 Å². The van der Waals surface area contributed by atoms with Crippen molar-refractivity contribution in [3.05, 3.63) is 64.1 Å². The van der Waals surface area contributed by atoms with E-state index in [1.54, 1.807) is 7.11 Å². The largest absolute Gasteiger partial charge is 0.496 e. The molecule has 2 rings (SSSR count). The summed E-state index contributed by atoms with van der Waals surface area (Å²) in [6.45, 7) is 0. The number of ether oxygens (including phenoxy) is 1. The van der Waals surface area contributed by atoms with Crippen LogP contribution in [0.2, 0.25) is 0 Å². The van der Waals surface area contributed by atoms with Gasteiger partial charge in [-0.2, -0.15) is 0 Å². The number of benzene rings is 2. The standard InChI is InChI=1S/C15H13BrO2/c1-18-15-8-7-11(9-13(15)16)10-14(17)12-5-3-2-4-6-12/h2-9H,10H2,1H3. The minimum Gasteiger partial charge on any atom is -0.496 e. The van der Waals surface area contributed by atoms with Crippen molar-refractivity contribution in [2.24, 2.45) is 0 Å². The van der Waals surface area contributed by atoms with Crippen LogP contribution in [-0.2, 0) is 6.42 Å². The molecule has 0 aliphatic heterocycles. The molecule has 0 aromatic heterocycles. The van der Waals surface area contributed by atoms with Gasteiger partial charge in [0.05, 0.1) is 11.6 Å². The van der Waals surface area contributed by atoms with Crippen molar-refractivity contribution in [3.8, 4) is 5.75 Å². The van der Waals surface area contributed by atoms with Gasteiger partial charge in [0.1, 0.15) is 5.75 Å². The number of ketones is 1. The van der Waals surface area contributed by atoms with Crippen LogP contribution in [0.3, 0.4) is 0 Å². The Bertz CT molecular complexity index is 550. The van der Waals surface area contributed by atoms with E-state index < -0.39 is 0 Å². The predicted molar refractivity (Wildman–Crippen MR) is 75.2 cm³/mol. The first-order valence-corrected chi connectivity index (χ1v) is 6.40. The number of Topliss-reactive ketones (excluding diaryl/α,β-unsaturated/α-hetero) is 1. The van der Waals surface area contributed by atoms with Crippen LogP contribution in [-0.4, -0.2) is 12.9 Å².